The van der Waals surface area contributed by atoms with Crippen LogP contribution in [0.2, 0.25) is 0 Å². The van der Waals surface area contributed by atoms with Gasteiger partial charge in [-0.05, 0) is 57.8 Å². The zero-order valence-corrected chi connectivity index (χ0v) is 12.4. The Labute approximate surface area is 112 Å². The quantitative estimate of drug-likeness (QED) is 0.879. The van der Waals surface area contributed by atoms with Crippen LogP contribution in [0.1, 0.15) is 20.3 Å². The lowest BCUT2D eigenvalue weighted by molar-refractivity contribution is -0.117. The van der Waals surface area contributed by atoms with Gasteiger partial charge in [-0.3, -0.25) is 4.79 Å². The molecule has 0 heterocycles. The van der Waals surface area contributed by atoms with Crippen LogP contribution in [0.25, 0.3) is 0 Å². The summed E-state index contributed by atoms with van der Waals surface area (Å²) in [6.45, 7) is 3.64. The van der Waals surface area contributed by atoms with E-state index in [9.17, 15) is 4.79 Å². The number of carbonyl (C=O) groups excluding carboxylic acids is 1. The molecule has 0 atom stereocenters. The van der Waals surface area contributed by atoms with Crippen LogP contribution in [0.3, 0.4) is 0 Å². The molecule has 1 aromatic rings. The molecule has 0 spiro atoms. The first-order valence-corrected chi connectivity index (χ1v) is 6.41. The van der Waals surface area contributed by atoms with Crippen LogP contribution in [-0.2, 0) is 4.79 Å². The molecule has 88 valence electrons. The lowest BCUT2D eigenvalue weighted by Gasteiger charge is -2.18. The number of amides is 1. The van der Waals surface area contributed by atoms with E-state index in [-0.39, 0.29) is 12.3 Å². The van der Waals surface area contributed by atoms with Gasteiger partial charge >= 0.3 is 0 Å². The number of carbonyl (C=O) groups is 1. The van der Waals surface area contributed by atoms with E-state index in [0.29, 0.717) is 0 Å². The molecule has 0 bridgehead atoms. The normalized spacial score (nSPS) is 11.3. The van der Waals surface area contributed by atoms with E-state index in [0.717, 1.165) is 14.6 Å². The van der Waals surface area contributed by atoms with Crippen LogP contribution < -0.4 is 11.1 Å². The Morgan fingerprint density at radius 2 is 1.88 bits per heavy atom. The minimum atomic E-state index is -0.502. The van der Waals surface area contributed by atoms with Crippen molar-refractivity contribution in [3.8, 4) is 0 Å². The van der Waals surface area contributed by atoms with Crippen molar-refractivity contribution in [2.24, 2.45) is 5.73 Å². The van der Waals surface area contributed by atoms with Crippen LogP contribution >= 0.6 is 31.9 Å². The number of nitrogens with two attached hydrogens (primary N) is 1. The molecular formula is C11H14Br2N2O. The standard InChI is InChI=1S/C11H14Br2N2O/c1-11(2,14)6-9(16)15-10-7(12)4-3-5-8(10)13/h3-5H,6,14H2,1-2H3,(H,15,16). The summed E-state index contributed by atoms with van der Waals surface area (Å²) >= 11 is 6.76. The average molecular weight is 350 g/mol. The average Bonchev–Trinajstić information content (AvgIpc) is 2.08. The highest BCUT2D eigenvalue weighted by Crippen LogP contribution is 2.30. The molecule has 3 nitrogen and oxygen atoms in total. The van der Waals surface area contributed by atoms with Crippen molar-refractivity contribution in [3.63, 3.8) is 0 Å². The third-order valence-corrected chi connectivity index (χ3v) is 3.17. The molecule has 0 saturated heterocycles. The maximum absolute atomic E-state index is 11.7. The van der Waals surface area contributed by atoms with E-state index in [1.165, 1.54) is 0 Å². The maximum Gasteiger partial charge on any atom is 0.226 e. The van der Waals surface area contributed by atoms with Crippen molar-refractivity contribution in [3.05, 3.63) is 27.1 Å². The molecule has 16 heavy (non-hydrogen) atoms. The molecule has 3 N–H and O–H groups in total. The predicted octanol–water partition coefficient (Wildman–Crippen LogP) is 3.28. The molecule has 0 aliphatic rings. The largest absolute Gasteiger partial charge is 0.325 e. The van der Waals surface area contributed by atoms with Crippen LogP contribution in [0.5, 0.6) is 0 Å². The van der Waals surface area contributed by atoms with E-state index in [1.54, 1.807) is 0 Å². The number of nitrogens with one attached hydrogen (secondary N) is 1. The Kier molecular flexibility index (Phi) is 4.52. The maximum atomic E-state index is 11.7. The van der Waals surface area contributed by atoms with Crippen molar-refractivity contribution in [1.29, 1.82) is 0 Å². The van der Waals surface area contributed by atoms with Gasteiger partial charge in [0.2, 0.25) is 5.91 Å². The van der Waals surface area contributed by atoms with E-state index in [4.69, 9.17) is 5.73 Å². The third-order valence-electron chi connectivity index (χ3n) is 1.84. The number of para-hydroxylation sites is 1. The Bertz CT molecular complexity index is 379. The Hall–Kier alpha value is -0.390. The second-order valence-corrected chi connectivity index (χ2v) is 6.02. The number of rotatable bonds is 3. The number of hydrogen-bond donors (Lipinski definition) is 2. The summed E-state index contributed by atoms with van der Waals surface area (Å²) in [5.41, 5.74) is 6.01. The number of halogens is 2. The SMILES string of the molecule is CC(C)(N)CC(=O)Nc1c(Br)cccc1Br. The topological polar surface area (TPSA) is 55.1 Å². The molecule has 0 aliphatic carbocycles. The smallest absolute Gasteiger partial charge is 0.226 e. The minimum absolute atomic E-state index is 0.0971. The van der Waals surface area contributed by atoms with Crippen LogP contribution in [0, 0.1) is 0 Å². The van der Waals surface area contributed by atoms with Gasteiger partial charge in [-0.15, -0.1) is 0 Å². The van der Waals surface area contributed by atoms with Crippen molar-refractivity contribution < 1.29 is 4.79 Å². The second kappa shape index (κ2) is 5.29. The molecule has 5 heteroatoms. The Morgan fingerprint density at radius 3 is 2.31 bits per heavy atom. The lowest BCUT2D eigenvalue weighted by Crippen LogP contribution is -2.36. The number of benzene rings is 1. The lowest BCUT2D eigenvalue weighted by atomic mass is 10.0. The molecule has 1 aromatic carbocycles. The highest BCUT2D eigenvalue weighted by Gasteiger charge is 2.17. The highest BCUT2D eigenvalue weighted by atomic mass is 79.9. The van der Waals surface area contributed by atoms with E-state index in [1.807, 2.05) is 32.0 Å². The van der Waals surface area contributed by atoms with E-state index in [2.05, 4.69) is 37.2 Å². The van der Waals surface area contributed by atoms with Crippen LogP contribution in [0.15, 0.2) is 27.1 Å². The first kappa shape index (κ1) is 13.7. The monoisotopic (exact) mass is 348 g/mol. The van der Waals surface area contributed by atoms with Gasteiger partial charge in [0.25, 0.3) is 0 Å². The summed E-state index contributed by atoms with van der Waals surface area (Å²) in [6, 6.07) is 5.62. The van der Waals surface area contributed by atoms with Gasteiger partial charge < -0.3 is 11.1 Å². The predicted molar refractivity (Wildman–Crippen MR) is 73.4 cm³/mol. The fourth-order valence-electron chi connectivity index (χ4n) is 1.21. The molecule has 0 saturated carbocycles. The molecule has 0 fully saturated rings. The van der Waals surface area contributed by atoms with Gasteiger partial charge in [0, 0.05) is 20.9 Å². The first-order valence-electron chi connectivity index (χ1n) is 4.82. The zero-order valence-electron chi connectivity index (χ0n) is 9.18. The summed E-state index contributed by atoms with van der Waals surface area (Å²) in [5.74, 6) is -0.0971. The van der Waals surface area contributed by atoms with Gasteiger partial charge in [-0.2, -0.15) is 0 Å². The second-order valence-electron chi connectivity index (χ2n) is 4.31. The third kappa shape index (κ3) is 4.23. The molecule has 0 unspecified atom stereocenters. The molecule has 0 aromatic heterocycles. The van der Waals surface area contributed by atoms with Gasteiger partial charge in [-0.25, -0.2) is 0 Å². The molecule has 0 radical (unpaired) electrons. The Morgan fingerprint density at radius 1 is 1.38 bits per heavy atom. The summed E-state index contributed by atoms with van der Waals surface area (Å²) in [4.78, 5) is 11.7. The highest BCUT2D eigenvalue weighted by molar-refractivity contribution is 9.11. The van der Waals surface area contributed by atoms with E-state index >= 15 is 0 Å². The van der Waals surface area contributed by atoms with Crippen molar-refractivity contribution >= 4 is 43.5 Å². The van der Waals surface area contributed by atoms with Gasteiger partial charge in [-0.1, -0.05) is 6.07 Å². The minimum Gasteiger partial charge on any atom is -0.325 e. The Balaban J connectivity index is 2.78. The summed E-state index contributed by atoms with van der Waals surface area (Å²) < 4.78 is 1.68. The van der Waals surface area contributed by atoms with Crippen LogP contribution in [0.4, 0.5) is 5.69 Å². The number of hydrogen-bond acceptors (Lipinski definition) is 2. The first-order chi connectivity index (χ1) is 7.29. The molecule has 0 aliphatic heterocycles. The summed E-state index contributed by atoms with van der Waals surface area (Å²) in [7, 11) is 0. The van der Waals surface area contributed by atoms with Crippen molar-refractivity contribution in [1.82, 2.24) is 0 Å². The van der Waals surface area contributed by atoms with E-state index < -0.39 is 5.54 Å². The van der Waals surface area contributed by atoms with Crippen LogP contribution in [-0.4, -0.2) is 11.4 Å². The zero-order chi connectivity index (χ0) is 12.3. The summed E-state index contributed by atoms with van der Waals surface area (Å²) in [5, 5.41) is 2.82. The van der Waals surface area contributed by atoms with Gasteiger partial charge in [0.05, 0.1) is 5.69 Å². The fraction of sp³-hybridized carbons (Fsp3) is 0.364. The fourth-order valence-corrected chi connectivity index (χ4v) is 2.41. The molecule has 1 rings (SSSR count). The summed E-state index contributed by atoms with van der Waals surface area (Å²) in [6.07, 6.45) is 0.279. The molecule has 1 amide bonds. The van der Waals surface area contributed by atoms with Crippen molar-refractivity contribution in [2.75, 3.05) is 5.32 Å². The van der Waals surface area contributed by atoms with Crippen molar-refractivity contribution in [2.45, 2.75) is 25.8 Å². The van der Waals surface area contributed by atoms with Gasteiger partial charge in [0.15, 0.2) is 0 Å². The van der Waals surface area contributed by atoms with Gasteiger partial charge in [0.1, 0.15) is 0 Å². The molecular weight excluding hydrogens is 336 g/mol. The number of anilines is 1.